The molecule has 5 nitrogen and oxygen atoms in total. The molecule has 0 radical (unpaired) electrons. The summed E-state index contributed by atoms with van der Waals surface area (Å²) in [5, 5.41) is 2.85. The molecule has 1 aliphatic heterocycles. The molecule has 3 rings (SSSR count). The van der Waals surface area contributed by atoms with Gasteiger partial charge in [-0.15, -0.1) is 0 Å². The summed E-state index contributed by atoms with van der Waals surface area (Å²) in [6.45, 7) is 0.692. The standard InChI is InChI=1S/C18H17BrN2O3/c1-24-16-11-12(8-9-15(16)21-10-4-7-17(21)22)20-18(23)13-5-2-3-6-14(13)19/h2-3,5-6,8-9,11H,4,7,10H2,1H3,(H,20,23). The van der Waals surface area contributed by atoms with E-state index in [9.17, 15) is 9.59 Å². The van der Waals surface area contributed by atoms with E-state index >= 15 is 0 Å². The van der Waals surface area contributed by atoms with Crippen molar-refractivity contribution in [3.8, 4) is 5.75 Å². The number of nitrogens with one attached hydrogen (secondary N) is 1. The lowest BCUT2D eigenvalue weighted by Crippen LogP contribution is -2.24. The van der Waals surface area contributed by atoms with Crippen LogP contribution in [0.2, 0.25) is 0 Å². The molecular weight excluding hydrogens is 372 g/mol. The van der Waals surface area contributed by atoms with E-state index in [0.29, 0.717) is 30.0 Å². The molecule has 1 fully saturated rings. The van der Waals surface area contributed by atoms with E-state index in [4.69, 9.17) is 4.74 Å². The van der Waals surface area contributed by atoms with E-state index in [0.717, 1.165) is 16.6 Å². The van der Waals surface area contributed by atoms with Gasteiger partial charge in [-0.25, -0.2) is 0 Å². The normalized spacial score (nSPS) is 13.9. The Bertz CT molecular complexity index is 792. The lowest BCUT2D eigenvalue weighted by molar-refractivity contribution is -0.117. The highest BCUT2D eigenvalue weighted by Gasteiger charge is 2.24. The lowest BCUT2D eigenvalue weighted by Gasteiger charge is -2.19. The predicted octanol–water partition coefficient (Wildman–Crippen LogP) is 3.84. The number of hydrogen-bond acceptors (Lipinski definition) is 3. The molecule has 1 aliphatic rings. The number of nitrogens with zero attached hydrogens (tertiary/aromatic N) is 1. The summed E-state index contributed by atoms with van der Waals surface area (Å²) in [6.07, 6.45) is 1.41. The van der Waals surface area contributed by atoms with Gasteiger partial charge in [0.2, 0.25) is 5.91 Å². The average molecular weight is 389 g/mol. The van der Waals surface area contributed by atoms with Gasteiger partial charge < -0.3 is 15.0 Å². The Morgan fingerprint density at radius 1 is 1.25 bits per heavy atom. The monoisotopic (exact) mass is 388 g/mol. The summed E-state index contributed by atoms with van der Waals surface area (Å²) in [5.74, 6) is 0.447. The van der Waals surface area contributed by atoms with Crippen LogP contribution >= 0.6 is 15.9 Å². The van der Waals surface area contributed by atoms with E-state index in [1.165, 1.54) is 0 Å². The van der Waals surface area contributed by atoms with Crippen LogP contribution in [0.4, 0.5) is 11.4 Å². The molecule has 0 aromatic heterocycles. The summed E-state index contributed by atoms with van der Waals surface area (Å²) in [5.41, 5.74) is 1.90. The van der Waals surface area contributed by atoms with Crippen molar-refractivity contribution >= 4 is 39.1 Å². The van der Waals surface area contributed by atoms with Crippen LogP contribution in [0, 0.1) is 0 Å². The quantitative estimate of drug-likeness (QED) is 0.865. The van der Waals surface area contributed by atoms with Crippen LogP contribution in [-0.2, 0) is 4.79 Å². The van der Waals surface area contributed by atoms with E-state index in [1.54, 1.807) is 36.3 Å². The second kappa shape index (κ2) is 7.05. The Morgan fingerprint density at radius 2 is 2.04 bits per heavy atom. The van der Waals surface area contributed by atoms with Crippen LogP contribution in [0.25, 0.3) is 0 Å². The molecule has 1 N–H and O–H groups in total. The first-order chi connectivity index (χ1) is 11.6. The molecule has 24 heavy (non-hydrogen) atoms. The van der Waals surface area contributed by atoms with Gasteiger partial charge in [0, 0.05) is 29.2 Å². The zero-order valence-electron chi connectivity index (χ0n) is 13.2. The predicted molar refractivity (Wildman–Crippen MR) is 96.7 cm³/mol. The maximum atomic E-state index is 12.4. The molecule has 2 amide bonds. The number of methoxy groups -OCH3 is 1. The van der Waals surface area contributed by atoms with E-state index in [2.05, 4.69) is 21.2 Å². The number of amides is 2. The molecule has 0 bridgehead atoms. The van der Waals surface area contributed by atoms with E-state index in [-0.39, 0.29) is 11.8 Å². The zero-order valence-corrected chi connectivity index (χ0v) is 14.8. The molecule has 2 aromatic rings. The summed E-state index contributed by atoms with van der Waals surface area (Å²) in [6, 6.07) is 12.5. The van der Waals surface area contributed by atoms with E-state index in [1.807, 2.05) is 18.2 Å². The smallest absolute Gasteiger partial charge is 0.256 e. The Morgan fingerprint density at radius 3 is 2.71 bits per heavy atom. The SMILES string of the molecule is COc1cc(NC(=O)c2ccccc2Br)ccc1N1CCCC1=O. The topological polar surface area (TPSA) is 58.6 Å². The van der Waals surface area contributed by atoms with Crippen LogP contribution in [0.3, 0.4) is 0 Å². The minimum atomic E-state index is -0.213. The molecule has 0 saturated carbocycles. The number of halogens is 1. The molecule has 1 heterocycles. The number of carbonyl (C=O) groups is 2. The van der Waals surface area contributed by atoms with Crippen molar-refractivity contribution in [2.75, 3.05) is 23.9 Å². The lowest BCUT2D eigenvalue weighted by atomic mass is 10.2. The second-order valence-corrected chi connectivity index (χ2v) is 6.32. The average Bonchev–Trinajstić information content (AvgIpc) is 3.01. The van der Waals surface area contributed by atoms with Crippen molar-refractivity contribution in [3.63, 3.8) is 0 Å². The van der Waals surface area contributed by atoms with Crippen molar-refractivity contribution in [2.24, 2.45) is 0 Å². The van der Waals surface area contributed by atoms with Gasteiger partial charge in [0.15, 0.2) is 0 Å². The highest BCUT2D eigenvalue weighted by molar-refractivity contribution is 9.10. The summed E-state index contributed by atoms with van der Waals surface area (Å²) in [7, 11) is 1.55. The molecule has 0 aliphatic carbocycles. The van der Waals surface area contributed by atoms with Crippen molar-refractivity contribution < 1.29 is 14.3 Å². The number of rotatable bonds is 4. The van der Waals surface area contributed by atoms with Gasteiger partial charge in [-0.1, -0.05) is 12.1 Å². The minimum Gasteiger partial charge on any atom is -0.494 e. The number of benzene rings is 2. The summed E-state index contributed by atoms with van der Waals surface area (Å²) < 4.78 is 6.13. The van der Waals surface area contributed by atoms with Crippen LogP contribution in [0.5, 0.6) is 5.75 Å². The van der Waals surface area contributed by atoms with Crippen LogP contribution in [0.1, 0.15) is 23.2 Å². The molecular formula is C18H17BrN2O3. The Balaban J connectivity index is 1.83. The third-order valence-corrected chi connectivity index (χ3v) is 4.61. The van der Waals surface area contributed by atoms with Crippen LogP contribution < -0.4 is 15.0 Å². The van der Waals surface area contributed by atoms with Crippen molar-refractivity contribution in [3.05, 3.63) is 52.5 Å². The van der Waals surface area contributed by atoms with Crippen molar-refractivity contribution in [1.82, 2.24) is 0 Å². The van der Waals surface area contributed by atoms with Gasteiger partial charge in [0.05, 0.1) is 18.4 Å². The summed E-state index contributed by atoms with van der Waals surface area (Å²) in [4.78, 5) is 26.0. The molecule has 0 spiro atoms. The van der Waals surface area contributed by atoms with Crippen molar-refractivity contribution in [2.45, 2.75) is 12.8 Å². The zero-order chi connectivity index (χ0) is 17.1. The van der Waals surface area contributed by atoms with Gasteiger partial charge in [0.25, 0.3) is 5.91 Å². The third kappa shape index (κ3) is 3.28. The van der Waals surface area contributed by atoms with Gasteiger partial charge in [-0.2, -0.15) is 0 Å². The van der Waals surface area contributed by atoms with Gasteiger partial charge in [-0.3, -0.25) is 9.59 Å². The molecule has 2 aromatic carbocycles. The number of anilines is 2. The fraction of sp³-hybridized carbons (Fsp3) is 0.222. The second-order valence-electron chi connectivity index (χ2n) is 5.47. The van der Waals surface area contributed by atoms with Crippen molar-refractivity contribution in [1.29, 1.82) is 0 Å². The fourth-order valence-electron chi connectivity index (χ4n) is 2.73. The first kappa shape index (κ1) is 16.5. The molecule has 0 unspecified atom stereocenters. The van der Waals surface area contributed by atoms with Gasteiger partial charge in [-0.05, 0) is 46.6 Å². The number of carbonyl (C=O) groups excluding carboxylic acids is 2. The van der Waals surface area contributed by atoms with Crippen LogP contribution in [0.15, 0.2) is 46.9 Å². The minimum absolute atomic E-state index is 0.0956. The Labute approximate surface area is 148 Å². The molecule has 6 heteroatoms. The maximum Gasteiger partial charge on any atom is 0.256 e. The first-order valence-corrected chi connectivity index (χ1v) is 8.43. The molecule has 124 valence electrons. The first-order valence-electron chi connectivity index (χ1n) is 7.64. The van der Waals surface area contributed by atoms with Gasteiger partial charge >= 0.3 is 0 Å². The largest absolute Gasteiger partial charge is 0.494 e. The maximum absolute atomic E-state index is 12.4. The van der Waals surface area contributed by atoms with Crippen LogP contribution in [-0.4, -0.2) is 25.5 Å². The third-order valence-electron chi connectivity index (χ3n) is 3.92. The Hall–Kier alpha value is -2.34. The molecule has 0 atom stereocenters. The Kier molecular flexibility index (Phi) is 4.85. The number of hydrogen-bond donors (Lipinski definition) is 1. The van der Waals surface area contributed by atoms with E-state index < -0.39 is 0 Å². The summed E-state index contributed by atoms with van der Waals surface area (Å²) >= 11 is 3.37. The van der Waals surface area contributed by atoms with Gasteiger partial charge in [0.1, 0.15) is 5.75 Å². The fourth-order valence-corrected chi connectivity index (χ4v) is 3.19. The number of ether oxygens (including phenoxy) is 1. The highest BCUT2D eigenvalue weighted by atomic mass is 79.9. The highest BCUT2D eigenvalue weighted by Crippen LogP contribution is 2.34. The molecule has 1 saturated heterocycles.